The largest absolute Gasteiger partial charge is 0.459 e. The normalized spacial score (nSPS) is 19.1. The van der Waals surface area contributed by atoms with Crippen LogP contribution < -0.4 is 5.32 Å². The molecule has 2 amide bonds. The van der Waals surface area contributed by atoms with Crippen LogP contribution in [0.3, 0.4) is 0 Å². The number of carbonyl (C=O) groups excluding carboxylic acids is 2. The van der Waals surface area contributed by atoms with Crippen molar-refractivity contribution in [1.29, 1.82) is 0 Å². The van der Waals surface area contributed by atoms with Crippen molar-refractivity contribution in [3.63, 3.8) is 0 Å². The molecular formula is C17H25N3O3. The molecule has 6 nitrogen and oxygen atoms in total. The molecule has 1 aromatic rings. The second kappa shape index (κ2) is 7.17. The molecule has 1 aliphatic carbocycles. The molecule has 0 unspecified atom stereocenters. The van der Waals surface area contributed by atoms with Gasteiger partial charge in [0, 0.05) is 38.1 Å². The average molecular weight is 319 g/mol. The van der Waals surface area contributed by atoms with Gasteiger partial charge in [0.05, 0.1) is 6.26 Å². The lowest BCUT2D eigenvalue weighted by Crippen LogP contribution is -2.44. The van der Waals surface area contributed by atoms with Crippen molar-refractivity contribution in [3.05, 3.63) is 24.2 Å². The van der Waals surface area contributed by atoms with Gasteiger partial charge >= 0.3 is 0 Å². The van der Waals surface area contributed by atoms with E-state index in [2.05, 4.69) is 17.3 Å². The summed E-state index contributed by atoms with van der Waals surface area (Å²) in [5, 5.41) is 3.03. The molecule has 0 aromatic carbocycles. The minimum Gasteiger partial charge on any atom is -0.459 e. The molecular weight excluding hydrogens is 294 g/mol. The highest BCUT2D eigenvalue weighted by molar-refractivity contribution is 5.91. The molecule has 6 heteroatoms. The van der Waals surface area contributed by atoms with Crippen LogP contribution in [0.25, 0.3) is 0 Å². The summed E-state index contributed by atoms with van der Waals surface area (Å²) in [6.07, 6.45) is 5.51. The Hall–Kier alpha value is -1.82. The molecule has 0 bridgehead atoms. The fourth-order valence-electron chi connectivity index (χ4n) is 3.10. The minimum absolute atomic E-state index is 0.0156. The van der Waals surface area contributed by atoms with Gasteiger partial charge < -0.3 is 19.5 Å². The van der Waals surface area contributed by atoms with Crippen molar-refractivity contribution in [2.45, 2.75) is 31.7 Å². The van der Waals surface area contributed by atoms with E-state index in [-0.39, 0.29) is 17.7 Å². The van der Waals surface area contributed by atoms with Crippen molar-refractivity contribution in [2.24, 2.45) is 5.92 Å². The summed E-state index contributed by atoms with van der Waals surface area (Å²) in [6, 6.07) is 4.12. The Balaban J connectivity index is 1.38. The first-order valence-electron chi connectivity index (χ1n) is 8.46. The van der Waals surface area contributed by atoms with E-state index in [0.717, 1.165) is 25.4 Å². The molecule has 0 radical (unpaired) electrons. The van der Waals surface area contributed by atoms with Gasteiger partial charge in [-0.15, -0.1) is 0 Å². The Morgan fingerprint density at radius 2 is 2.04 bits per heavy atom. The lowest BCUT2D eigenvalue weighted by Gasteiger charge is -2.30. The molecule has 0 spiro atoms. The maximum Gasteiger partial charge on any atom is 0.289 e. The first kappa shape index (κ1) is 16.1. The summed E-state index contributed by atoms with van der Waals surface area (Å²) in [7, 11) is 2.11. The van der Waals surface area contributed by atoms with Crippen LogP contribution in [-0.4, -0.2) is 60.9 Å². The van der Waals surface area contributed by atoms with Crippen LogP contribution in [0.2, 0.25) is 0 Å². The number of amides is 2. The van der Waals surface area contributed by atoms with Crippen molar-refractivity contribution in [3.8, 4) is 0 Å². The maximum atomic E-state index is 12.2. The molecule has 1 aromatic heterocycles. The van der Waals surface area contributed by atoms with Crippen LogP contribution in [0, 0.1) is 5.92 Å². The van der Waals surface area contributed by atoms with Crippen LogP contribution in [0.1, 0.15) is 36.2 Å². The molecule has 2 fully saturated rings. The minimum atomic E-state index is -0.0834. The fourth-order valence-corrected chi connectivity index (χ4v) is 3.10. The number of rotatable bonds is 6. The molecule has 3 rings (SSSR count). The Morgan fingerprint density at radius 3 is 2.65 bits per heavy atom. The number of likely N-dealkylation sites (N-methyl/N-ethyl adjacent to an activating group) is 1. The van der Waals surface area contributed by atoms with Gasteiger partial charge in [0.2, 0.25) is 5.91 Å². The van der Waals surface area contributed by atoms with Crippen molar-refractivity contribution >= 4 is 11.8 Å². The predicted molar refractivity (Wildman–Crippen MR) is 86.0 cm³/mol. The van der Waals surface area contributed by atoms with Crippen LogP contribution in [0.4, 0.5) is 0 Å². The van der Waals surface area contributed by atoms with Gasteiger partial charge in [0.25, 0.3) is 5.91 Å². The number of piperidine rings is 1. The first-order chi connectivity index (χ1) is 11.1. The zero-order valence-electron chi connectivity index (χ0n) is 13.7. The molecule has 1 saturated heterocycles. The second-order valence-corrected chi connectivity index (χ2v) is 6.55. The fraction of sp³-hybridized carbons (Fsp3) is 0.647. The summed E-state index contributed by atoms with van der Waals surface area (Å²) in [4.78, 5) is 28.5. The van der Waals surface area contributed by atoms with Gasteiger partial charge in [-0.25, -0.2) is 0 Å². The number of nitrogens with one attached hydrogen (secondary N) is 1. The SMILES string of the molecule is CN(CCNC(=O)C1CCN(C(=O)c2ccco2)CC1)C1CC1. The van der Waals surface area contributed by atoms with E-state index in [0.29, 0.717) is 25.4 Å². The average Bonchev–Trinajstić information content (AvgIpc) is 3.29. The molecule has 2 aliphatic rings. The monoisotopic (exact) mass is 319 g/mol. The summed E-state index contributed by atoms with van der Waals surface area (Å²) in [5.74, 6) is 0.428. The second-order valence-electron chi connectivity index (χ2n) is 6.55. The summed E-state index contributed by atoms with van der Waals surface area (Å²) < 4.78 is 5.15. The molecule has 2 heterocycles. The van der Waals surface area contributed by atoms with Gasteiger partial charge in [-0.05, 0) is 44.9 Å². The number of carbonyl (C=O) groups is 2. The Kier molecular flexibility index (Phi) is 5.00. The third-order valence-corrected chi connectivity index (χ3v) is 4.82. The lowest BCUT2D eigenvalue weighted by atomic mass is 9.95. The van der Waals surface area contributed by atoms with Crippen LogP contribution in [-0.2, 0) is 4.79 Å². The van der Waals surface area contributed by atoms with E-state index in [1.165, 1.54) is 19.1 Å². The number of hydrogen-bond acceptors (Lipinski definition) is 4. The van der Waals surface area contributed by atoms with Gasteiger partial charge in [-0.3, -0.25) is 9.59 Å². The maximum absolute atomic E-state index is 12.2. The van der Waals surface area contributed by atoms with Crippen molar-refractivity contribution in [1.82, 2.24) is 15.1 Å². The molecule has 126 valence electrons. The van der Waals surface area contributed by atoms with Crippen LogP contribution in [0.15, 0.2) is 22.8 Å². The molecule has 1 saturated carbocycles. The highest BCUT2D eigenvalue weighted by Gasteiger charge is 2.29. The van der Waals surface area contributed by atoms with Gasteiger partial charge in [-0.1, -0.05) is 0 Å². The standard InChI is InChI=1S/C17H25N3O3/c1-19(14-4-5-14)11-8-18-16(21)13-6-9-20(10-7-13)17(22)15-3-2-12-23-15/h2-3,12-14H,4-11H2,1H3,(H,18,21). The first-order valence-corrected chi connectivity index (χ1v) is 8.46. The Labute approximate surface area is 136 Å². The lowest BCUT2D eigenvalue weighted by molar-refractivity contribution is -0.126. The van der Waals surface area contributed by atoms with Crippen molar-refractivity contribution in [2.75, 3.05) is 33.2 Å². The molecule has 1 N–H and O–H groups in total. The van der Waals surface area contributed by atoms with E-state index in [9.17, 15) is 9.59 Å². The third kappa shape index (κ3) is 4.13. The van der Waals surface area contributed by atoms with E-state index < -0.39 is 0 Å². The van der Waals surface area contributed by atoms with E-state index in [1.54, 1.807) is 17.0 Å². The van der Waals surface area contributed by atoms with Gasteiger partial charge in [0.15, 0.2) is 5.76 Å². The Morgan fingerprint density at radius 1 is 1.30 bits per heavy atom. The van der Waals surface area contributed by atoms with Crippen LogP contribution in [0.5, 0.6) is 0 Å². The van der Waals surface area contributed by atoms with Gasteiger partial charge in [-0.2, -0.15) is 0 Å². The van der Waals surface area contributed by atoms with Gasteiger partial charge in [0.1, 0.15) is 0 Å². The van der Waals surface area contributed by atoms with E-state index in [4.69, 9.17) is 4.42 Å². The quantitative estimate of drug-likeness (QED) is 0.859. The van der Waals surface area contributed by atoms with E-state index >= 15 is 0 Å². The third-order valence-electron chi connectivity index (χ3n) is 4.82. The zero-order chi connectivity index (χ0) is 16.2. The number of nitrogens with zero attached hydrogens (tertiary/aromatic N) is 2. The summed E-state index contributed by atoms with van der Waals surface area (Å²) in [6.45, 7) is 2.84. The highest BCUT2D eigenvalue weighted by Crippen LogP contribution is 2.24. The Bertz CT molecular complexity index is 531. The highest BCUT2D eigenvalue weighted by atomic mass is 16.3. The molecule has 23 heavy (non-hydrogen) atoms. The number of furan rings is 1. The zero-order valence-corrected chi connectivity index (χ0v) is 13.7. The van der Waals surface area contributed by atoms with Crippen molar-refractivity contribution < 1.29 is 14.0 Å². The number of hydrogen-bond donors (Lipinski definition) is 1. The van der Waals surface area contributed by atoms with Crippen LogP contribution >= 0.6 is 0 Å². The number of likely N-dealkylation sites (tertiary alicyclic amines) is 1. The summed E-state index contributed by atoms with van der Waals surface area (Å²) >= 11 is 0. The topological polar surface area (TPSA) is 65.8 Å². The molecule has 0 atom stereocenters. The summed E-state index contributed by atoms with van der Waals surface area (Å²) in [5.41, 5.74) is 0. The molecule has 1 aliphatic heterocycles. The van der Waals surface area contributed by atoms with E-state index in [1.807, 2.05) is 0 Å². The smallest absolute Gasteiger partial charge is 0.289 e. The predicted octanol–water partition coefficient (Wildman–Crippen LogP) is 1.34.